The molecule has 17 nitrogen and oxygen atoms in total. The smallest absolute Gasteiger partial charge is 0.870 e. The molecule has 0 aliphatic rings. The third-order valence-corrected chi connectivity index (χ3v) is 16.3. The van der Waals surface area contributed by atoms with Crippen LogP contribution in [0.25, 0.3) is 21.5 Å². The van der Waals surface area contributed by atoms with Crippen molar-refractivity contribution in [1.82, 2.24) is 0 Å². The molecule has 2 atom stereocenters. The van der Waals surface area contributed by atoms with E-state index in [1.54, 1.807) is 103 Å². The summed E-state index contributed by atoms with van der Waals surface area (Å²) in [6, 6.07) is 33.1. The number of anilines is 4. The Bertz CT molecular complexity index is 3380. The molecule has 0 spiro atoms. The van der Waals surface area contributed by atoms with Gasteiger partial charge in [0.1, 0.15) is 13.1 Å². The Kier molecular flexibility index (Phi) is 23.9. The number of carboxylic acids is 2. The summed E-state index contributed by atoms with van der Waals surface area (Å²) >= 11 is 0. The van der Waals surface area contributed by atoms with Crippen molar-refractivity contribution in [2.75, 3.05) is 58.8 Å². The fourth-order valence-electron chi connectivity index (χ4n) is 8.63. The van der Waals surface area contributed by atoms with Gasteiger partial charge in [-0.15, -0.1) is 12.8 Å². The molecule has 20 heteroatoms. The van der Waals surface area contributed by atoms with E-state index in [2.05, 4.69) is 11.8 Å². The van der Waals surface area contributed by atoms with Crippen molar-refractivity contribution in [3.8, 4) is 24.7 Å². The standard InChI is InChI=1S/C30H34N2O6S.C28H30N2O6S.Li.H2O/c1-7-18-31(22(4)19-29(33)37-5)27-16-17-28(26-11-9-8-10-25(26)27)32(20-30(34)38-6)39(35,36)24-14-12-23(13-15-24)21(2)3;1-5-16-29(20(4)17-27(31)32)25-14-15-26(24-9-7-6-8-23(24)25)30(18-28(33)34)37(35,36)22-12-10-21(11-13-22)19(2)3;;/h1,8-17,21-22H,18-20H2,2-6H3;1,6-15,19-20H,16-18H2,2-4H3,(H,31,32)(H,33,34);;1H2/q;;+1;/p-1/t22-;20-;;/m00../s1. The summed E-state index contributed by atoms with van der Waals surface area (Å²) in [6.45, 7) is 10.7. The third-order valence-electron chi connectivity index (χ3n) is 12.7. The summed E-state index contributed by atoms with van der Waals surface area (Å²) < 4.78 is 66.9. The molecule has 0 aliphatic carbocycles. The Morgan fingerprint density at radius 3 is 1.15 bits per heavy atom. The normalized spacial score (nSPS) is 11.8. The number of terminal acetylenes is 2. The number of rotatable bonds is 22. The number of esters is 2. The van der Waals surface area contributed by atoms with Crippen LogP contribution in [0.15, 0.2) is 131 Å². The average Bonchev–Trinajstić information content (AvgIpc) is 3.39. The van der Waals surface area contributed by atoms with Gasteiger partial charge in [0.15, 0.2) is 0 Å². The SMILES string of the molecule is C#CCN(c1ccc(N(CC(=O)O)S(=O)(=O)c2ccc(C(C)C)cc2)c2ccccc12)[C@@H](C)CC(=O)O.C#CCN(c1ccc(N(CC(=O)OC)S(=O)(=O)c2ccc(C(C)C)cc2)c2ccccc12)[C@@H](C)CC(=O)OC.[Li+].[OH-]. The molecule has 408 valence electrons. The number of carbonyl (C=O) groups is 4. The molecule has 0 unspecified atom stereocenters. The van der Waals surface area contributed by atoms with Gasteiger partial charge in [0.2, 0.25) is 0 Å². The first-order valence-corrected chi connectivity index (χ1v) is 27.2. The zero-order valence-electron chi connectivity index (χ0n) is 45.3. The molecule has 0 amide bonds. The number of hydrogen-bond donors (Lipinski definition) is 2. The summed E-state index contributed by atoms with van der Waals surface area (Å²) in [5.41, 5.74) is 3.82. The number of aliphatic carboxylic acids is 2. The zero-order valence-corrected chi connectivity index (χ0v) is 46.9. The van der Waals surface area contributed by atoms with Crippen molar-refractivity contribution >= 4 is 88.2 Å². The molecule has 6 aromatic carbocycles. The van der Waals surface area contributed by atoms with Gasteiger partial charge >= 0.3 is 42.7 Å². The monoisotopic (exact) mass is 1100 g/mol. The Balaban J connectivity index is 0.000000401. The molecule has 0 fully saturated rings. The zero-order chi connectivity index (χ0) is 56.1. The van der Waals surface area contributed by atoms with Gasteiger partial charge in [0.05, 0.1) is 61.3 Å². The van der Waals surface area contributed by atoms with Crippen LogP contribution in [0.1, 0.15) is 77.3 Å². The van der Waals surface area contributed by atoms with E-state index >= 15 is 0 Å². The van der Waals surface area contributed by atoms with Crippen molar-refractivity contribution in [2.24, 2.45) is 0 Å². The van der Waals surface area contributed by atoms with Crippen molar-refractivity contribution in [2.45, 2.75) is 88.1 Å². The van der Waals surface area contributed by atoms with E-state index in [0.29, 0.717) is 32.9 Å². The number of nitrogens with zero attached hydrogens (tertiary/aromatic N) is 4. The minimum absolute atomic E-state index is 0. The number of fused-ring (bicyclic) bond motifs is 2. The van der Waals surface area contributed by atoms with Crippen molar-refractivity contribution in [3.05, 3.63) is 132 Å². The van der Waals surface area contributed by atoms with Gasteiger partial charge in [-0.3, -0.25) is 27.8 Å². The van der Waals surface area contributed by atoms with Gasteiger partial charge in [-0.2, -0.15) is 0 Å². The van der Waals surface area contributed by atoms with Crippen LogP contribution in [-0.2, 0) is 48.7 Å². The molecule has 0 heterocycles. The van der Waals surface area contributed by atoms with Crippen LogP contribution in [-0.4, -0.2) is 109 Å². The van der Waals surface area contributed by atoms with Crippen LogP contribution in [0.2, 0.25) is 0 Å². The number of hydrogen-bond acceptors (Lipinski definition) is 13. The number of ether oxygens (including phenoxy) is 2. The fraction of sp³-hybridized carbons (Fsp3) is 0.310. The Morgan fingerprint density at radius 2 is 0.833 bits per heavy atom. The van der Waals surface area contributed by atoms with Crippen molar-refractivity contribution < 1.29 is 80.0 Å². The van der Waals surface area contributed by atoms with Crippen LogP contribution in [0, 0.1) is 24.7 Å². The van der Waals surface area contributed by atoms with E-state index < -0.39 is 57.1 Å². The van der Waals surface area contributed by atoms with Gasteiger partial charge in [-0.25, -0.2) is 16.8 Å². The molecule has 78 heavy (non-hydrogen) atoms. The molecule has 0 radical (unpaired) electrons. The summed E-state index contributed by atoms with van der Waals surface area (Å²) in [6.07, 6.45) is 11.2. The van der Waals surface area contributed by atoms with E-state index in [1.165, 1.54) is 32.4 Å². The number of benzene rings is 6. The van der Waals surface area contributed by atoms with Gasteiger partial charge in [-0.05, 0) is 85.3 Å². The van der Waals surface area contributed by atoms with E-state index in [4.69, 9.17) is 22.3 Å². The second-order valence-electron chi connectivity index (χ2n) is 18.5. The van der Waals surface area contributed by atoms with Gasteiger partial charge < -0.3 is 35.0 Å². The quantitative estimate of drug-likeness (QED) is 0.0444. The third kappa shape index (κ3) is 15.4. The molecule has 0 bridgehead atoms. The van der Waals surface area contributed by atoms with Crippen LogP contribution in [0.5, 0.6) is 0 Å². The largest absolute Gasteiger partial charge is 1.00 e. The first kappa shape index (κ1) is 64.8. The maximum Gasteiger partial charge on any atom is 1.00 e. The first-order chi connectivity index (χ1) is 36.0. The predicted octanol–water partition coefficient (Wildman–Crippen LogP) is 6.10. The molecule has 6 aromatic rings. The average molecular weight is 1100 g/mol. The van der Waals surface area contributed by atoms with E-state index in [-0.39, 0.29) is 89.6 Å². The second kappa shape index (κ2) is 28.8. The summed E-state index contributed by atoms with van der Waals surface area (Å²) in [4.78, 5) is 51.3. The van der Waals surface area contributed by atoms with E-state index in [9.17, 15) is 46.2 Å². The molecule has 0 aliphatic heterocycles. The van der Waals surface area contributed by atoms with Crippen LogP contribution in [0.4, 0.5) is 22.7 Å². The summed E-state index contributed by atoms with van der Waals surface area (Å²) in [5.74, 6) is 2.28. The molecule has 6 rings (SSSR count). The van der Waals surface area contributed by atoms with Gasteiger partial charge in [0.25, 0.3) is 20.0 Å². The van der Waals surface area contributed by atoms with E-state index in [1.807, 2.05) is 51.7 Å². The maximum atomic E-state index is 13.9. The number of carbonyl (C=O) groups excluding carboxylic acids is 2. The first-order valence-electron chi connectivity index (χ1n) is 24.3. The Hall–Kier alpha value is -7.50. The molecule has 0 aromatic heterocycles. The van der Waals surface area contributed by atoms with Gasteiger partial charge in [0, 0.05) is 45.0 Å². The van der Waals surface area contributed by atoms with E-state index in [0.717, 1.165) is 25.4 Å². The Morgan fingerprint density at radius 1 is 0.500 bits per heavy atom. The summed E-state index contributed by atoms with van der Waals surface area (Å²) in [5, 5.41) is 21.3. The Labute approximate surface area is 469 Å². The predicted molar refractivity (Wildman–Crippen MR) is 300 cm³/mol. The van der Waals surface area contributed by atoms with Crippen LogP contribution >= 0.6 is 0 Å². The molecular weight excluding hydrogens is 1030 g/mol. The maximum absolute atomic E-state index is 13.9. The van der Waals surface area contributed by atoms with Crippen LogP contribution < -0.4 is 37.3 Å². The summed E-state index contributed by atoms with van der Waals surface area (Å²) in [7, 11) is -5.83. The second-order valence-corrected chi connectivity index (χ2v) is 22.2. The number of methoxy groups -OCH3 is 2. The minimum Gasteiger partial charge on any atom is -0.870 e. The fourth-order valence-corrected chi connectivity index (χ4v) is 11.5. The van der Waals surface area contributed by atoms with Crippen LogP contribution in [0.3, 0.4) is 0 Å². The topological polar surface area (TPSA) is 238 Å². The molecule has 0 saturated carbocycles. The molecule has 3 N–H and O–H groups in total. The number of carboxylic acid groups (broad SMARTS) is 2. The van der Waals surface area contributed by atoms with Crippen molar-refractivity contribution in [3.63, 3.8) is 0 Å². The van der Waals surface area contributed by atoms with Crippen molar-refractivity contribution in [1.29, 1.82) is 0 Å². The molecular formula is C58H65LiN4O13S2. The number of sulfonamides is 2. The van der Waals surface area contributed by atoms with Gasteiger partial charge in [-0.1, -0.05) is 112 Å². The minimum atomic E-state index is -4.23. The molecule has 0 saturated heterocycles.